The van der Waals surface area contributed by atoms with E-state index in [-0.39, 0.29) is 11.3 Å². The van der Waals surface area contributed by atoms with Crippen molar-refractivity contribution in [3.63, 3.8) is 0 Å². The first-order valence-corrected chi connectivity index (χ1v) is 6.86. The second kappa shape index (κ2) is 4.58. The van der Waals surface area contributed by atoms with Crippen LogP contribution in [0, 0.1) is 0 Å². The summed E-state index contributed by atoms with van der Waals surface area (Å²) in [4.78, 5) is 13.6. The highest BCUT2D eigenvalue weighted by atomic mass is 19.4. The molecule has 0 unspecified atom stereocenters. The van der Waals surface area contributed by atoms with Gasteiger partial charge >= 0.3 is 6.18 Å². The van der Waals surface area contributed by atoms with Crippen LogP contribution in [0.3, 0.4) is 0 Å². The van der Waals surface area contributed by atoms with E-state index in [9.17, 15) is 18.0 Å². The van der Waals surface area contributed by atoms with Gasteiger partial charge in [-0.25, -0.2) is 0 Å². The van der Waals surface area contributed by atoms with E-state index in [2.05, 4.69) is 4.90 Å². The van der Waals surface area contributed by atoms with Crippen LogP contribution in [0.2, 0.25) is 0 Å². The molecule has 1 aromatic carbocycles. The topological polar surface area (TPSA) is 20.3 Å². The molecule has 0 N–H and O–H groups in total. The Morgan fingerprint density at radius 2 is 1.55 bits per heavy atom. The van der Waals surface area contributed by atoms with Crippen LogP contribution in [-0.2, 0) is 16.5 Å². The molecule has 0 spiro atoms. The number of halogens is 3. The van der Waals surface area contributed by atoms with Crippen LogP contribution in [0.5, 0.6) is 0 Å². The van der Waals surface area contributed by atoms with Crippen molar-refractivity contribution >= 4 is 5.78 Å². The number of Topliss-reactive ketones (excluding diaryl/α,β-unsaturated/α-hetero) is 1. The van der Waals surface area contributed by atoms with Crippen molar-refractivity contribution in [2.45, 2.75) is 37.4 Å². The van der Waals surface area contributed by atoms with Gasteiger partial charge in [0.15, 0.2) is 0 Å². The summed E-state index contributed by atoms with van der Waals surface area (Å²) in [6, 6.07) is 5.49. The summed E-state index contributed by atoms with van der Waals surface area (Å²) in [6.07, 6.45) is -1.24. The molecule has 5 heteroatoms. The molecule has 0 radical (unpaired) electrons. The maximum atomic E-state index is 12.6. The minimum absolute atomic E-state index is 0.120. The Morgan fingerprint density at radius 3 is 2.00 bits per heavy atom. The first kappa shape index (κ1) is 13.6. The lowest BCUT2D eigenvalue weighted by Gasteiger charge is -2.35. The van der Waals surface area contributed by atoms with Gasteiger partial charge in [0.05, 0.1) is 5.56 Å². The fourth-order valence-corrected chi connectivity index (χ4v) is 3.06. The molecule has 0 bridgehead atoms. The maximum absolute atomic E-state index is 12.6. The van der Waals surface area contributed by atoms with Crippen molar-refractivity contribution in [2.24, 2.45) is 0 Å². The van der Waals surface area contributed by atoms with Crippen LogP contribution in [0.15, 0.2) is 24.3 Å². The zero-order valence-corrected chi connectivity index (χ0v) is 11.0. The molecular weight excluding hydrogens is 267 g/mol. The first-order valence-electron chi connectivity index (χ1n) is 6.86. The first-order chi connectivity index (χ1) is 9.42. The monoisotopic (exact) mass is 283 g/mol. The normalized spacial score (nSPS) is 22.9. The second-order valence-electron chi connectivity index (χ2n) is 5.63. The predicted octanol–water partition coefficient (Wildman–Crippen LogP) is 3.36. The molecule has 108 valence electrons. The molecule has 1 aromatic rings. The van der Waals surface area contributed by atoms with Gasteiger partial charge in [-0.2, -0.15) is 13.2 Å². The molecule has 2 fully saturated rings. The lowest BCUT2D eigenvalue weighted by atomic mass is 9.98. The smallest absolute Gasteiger partial charge is 0.300 e. The minimum atomic E-state index is -4.28. The van der Waals surface area contributed by atoms with Crippen molar-refractivity contribution in [3.8, 4) is 0 Å². The van der Waals surface area contributed by atoms with Crippen molar-refractivity contribution in [3.05, 3.63) is 35.4 Å². The summed E-state index contributed by atoms with van der Waals surface area (Å²) >= 11 is 0. The number of ketones is 1. The van der Waals surface area contributed by atoms with Crippen LogP contribution in [0.4, 0.5) is 13.2 Å². The van der Waals surface area contributed by atoms with Gasteiger partial charge in [-0.05, 0) is 30.5 Å². The third-order valence-electron chi connectivity index (χ3n) is 4.40. The summed E-state index contributed by atoms with van der Waals surface area (Å²) in [6.45, 7) is 1.44. The molecule has 0 amide bonds. The number of rotatable bonds is 2. The Hall–Kier alpha value is -1.36. The third-order valence-corrected chi connectivity index (χ3v) is 4.40. The van der Waals surface area contributed by atoms with Gasteiger partial charge < -0.3 is 0 Å². The summed E-state index contributed by atoms with van der Waals surface area (Å²) in [7, 11) is 0. The summed E-state index contributed by atoms with van der Waals surface area (Å²) < 4.78 is 37.7. The van der Waals surface area contributed by atoms with Gasteiger partial charge in [-0.1, -0.05) is 12.1 Å². The van der Waals surface area contributed by atoms with E-state index in [1.807, 2.05) is 0 Å². The predicted molar refractivity (Wildman–Crippen MR) is 68.2 cm³/mol. The van der Waals surface area contributed by atoms with Crippen LogP contribution in [0.25, 0.3) is 0 Å². The average molecular weight is 283 g/mol. The highest BCUT2D eigenvalue weighted by molar-refractivity contribution is 5.79. The summed E-state index contributed by atoms with van der Waals surface area (Å²) in [5.41, 5.74) is 0.218. The zero-order chi connectivity index (χ0) is 14.4. The van der Waals surface area contributed by atoms with E-state index in [1.165, 1.54) is 0 Å². The van der Waals surface area contributed by atoms with Gasteiger partial charge in [-0.15, -0.1) is 0 Å². The summed E-state index contributed by atoms with van der Waals surface area (Å²) in [5.74, 6) is 0.282. The Labute approximate surface area is 115 Å². The lowest BCUT2D eigenvalue weighted by molar-refractivity contribution is -0.137. The molecule has 1 saturated carbocycles. The van der Waals surface area contributed by atoms with E-state index in [4.69, 9.17) is 0 Å². The highest BCUT2D eigenvalue weighted by Gasteiger charge is 2.50. The molecule has 0 aromatic heterocycles. The van der Waals surface area contributed by atoms with E-state index >= 15 is 0 Å². The van der Waals surface area contributed by atoms with Crippen LogP contribution < -0.4 is 0 Å². The molecule has 1 heterocycles. The molecule has 20 heavy (non-hydrogen) atoms. The lowest BCUT2D eigenvalue weighted by Crippen LogP contribution is -2.41. The third kappa shape index (κ3) is 2.35. The number of piperidine rings is 1. The number of hydrogen-bond donors (Lipinski definition) is 0. The van der Waals surface area contributed by atoms with Crippen molar-refractivity contribution < 1.29 is 18.0 Å². The minimum Gasteiger partial charge on any atom is -0.300 e. The fourth-order valence-electron chi connectivity index (χ4n) is 3.06. The Balaban J connectivity index is 1.80. The SMILES string of the molecule is O=C1CCN(C2(c3ccc(C(F)(F)F)cc3)CC2)CC1. The molecule has 0 atom stereocenters. The molecule has 2 aliphatic rings. The van der Waals surface area contributed by atoms with E-state index in [0.29, 0.717) is 12.8 Å². The molecule has 1 saturated heterocycles. The van der Waals surface area contributed by atoms with Gasteiger partial charge in [-0.3, -0.25) is 9.69 Å². The maximum Gasteiger partial charge on any atom is 0.416 e. The van der Waals surface area contributed by atoms with Crippen molar-refractivity contribution in [1.29, 1.82) is 0 Å². The number of carbonyl (C=O) groups is 1. The Bertz CT molecular complexity index is 507. The van der Waals surface area contributed by atoms with Crippen LogP contribution in [-0.4, -0.2) is 23.8 Å². The van der Waals surface area contributed by atoms with Crippen molar-refractivity contribution in [2.75, 3.05) is 13.1 Å². The van der Waals surface area contributed by atoms with Gasteiger partial charge in [0.1, 0.15) is 5.78 Å². The molecule has 3 rings (SSSR count). The van der Waals surface area contributed by atoms with E-state index < -0.39 is 11.7 Å². The largest absolute Gasteiger partial charge is 0.416 e. The molecule has 1 aliphatic heterocycles. The summed E-state index contributed by atoms with van der Waals surface area (Å²) in [5, 5.41) is 0. The number of hydrogen-bond acceptors (Lipinski definition) is 2. The molecular formula is C15H16F3NO. The Morgan fingerprint density at radius 1 is 1.00 bits per heavy atom. The number of benzene rings is 1. The standard InChI is InChI=1S/C15H16F3NO/c16-15(17,18)12-3-1-11(2-4-12)14(7-8-14)19-9-5-13(20)6-10-19/h1-4H,5-10H2. The number of alkyl halides is 3. The quantitative estimate of drug-likeness (QED) is 0.829. The zero-order valence-electron chi connectivity index (χ0n) is 11.0. The molecule has 2 nitrogen and oxygen atoms in total. The average Bonchev–Trinajstić information content (AvgIpc) is 3.20. The Kier molecular flexibility index (Phi) is 3.12. The van der Waals surface area contributed by atoms with Gasteiger partial charge in [0.2, 0.25) is 0 Å². The second-order valence-corrected chi connectivity index (χ2v) is 5.63. The molecule has 1 aliphatic carbocycles. The van der Waals surface area contributed by atoms with Gasteiger partial charge in [0, 0.05) is 31.5 Å². The van der Waals surface area contributed by atoms with E-state index in [1.54, 1.807) is 12.1 Å². The highest BCUT2D eigenvalue weighted by Crippen LogP contribution is 2.51. The van der Waals surface area contributed by atoms with Crippen LogP contribution in [0.1, 0.15) is 36.8 Å². The fraction of sp³-hybridized carbons (Fsp3) is 0.533. The van der Waals surface area contributed by atoms with E-state index in [0.717, 1.165) is 43.6 Å². The van der Waals surface area contributed by atoms with Crippen molar-refractivity contribution in [1.82, 2.24) is 4.90 Å². The number of likely N-dealkylation sites (tertiary alicyclic amines) is 1. The number of nitrogens with zero attached hydrogens (tertiary/aromatic N) is 1. The number of carbonyl (C=O) groups excluding carboxylic acids is 1. The van der Waals surface area contributed by atoms with Crippen LogP contribution >= 0.6 is 0 Å². The van der Waals surface area contributed by atoms with Gasteiger partial charge in [0.25, 0.3) is 0 Å².